The first-order chi connectivity index (χ1) is 10.0. The summed E-state index contributed by atoms with van der Waals surface area (Å²) < 4.78 is 5.58. The van der Waals surface area contributed by atoms with Gasteiger partial charge in [-0.3, -0.25) is 4.90 Å². The fourth-order valence-corrected chi connectivity index (χ4v) is 2.77. The van der Waals surface area contributed by atoms with E-state index in [4.69, 9.17) is 9.84 Å². The fraction of sp³-hybridized carbons (Fsp3) is 0.846. The molecular formula is C13H23N3O5. The number of nitrogens with one attached hydrogen (secondary N) is 1. The molecule has 2 fully saturated rings. The smallest absolute Gasteiger partial charge is 0.326 e. The quantitative estimate of drug-likeness (QED) is 0.611. The van der Waals surface area contributed by atoms with Gasteiger partial charge in [-0.1, -0.05) is 6.92 Å². The Labute approximate surface area is 123 Å². The molecule has 2 aliphatic rings. The predicted octanol–water partition coefficient (Wildman–Crippen LogP) is -1.06. The molecule has 0 aliphatic carbocycles. The summed E-state index contributed by atoms with van der Waals surface area (Å²) in [5.74, 6) is -1.09. The van der Waals surface area contributed by atoms with Crippen LogP contribution in [-0.2, 0) is 9.53 Å². The van der Waals surface area contributed by atoms with E-state index in [0.717, 1.165) is 19.6 Å². The van der Waals surface area contributed by atoms with Gasteiger partial charge in [0.15, 0.2) is 0 Å². The maximum atomic E-state index is 12.1. The lowest BCUT2D eigenvalue weighted by atomic mass is 10.2. The highest BCUT2D eigenvalue weighted by molar-refractivity contribution is 5.83. The highest BCUT2D eigenvalue weighted by Gasteiger charge is 2.39. The minimum absolute atomic E-state index is 0.0510. The van der Waals surface area contributed by atoms with Crippen LogP contribution in [0.25, 0.3) is 0 Å². The predicted molar refractivity (Wildman–Crippen MR) is 74.0 cm³/mol. The van der Waals surface area contributed by atoms with Gasteiger partial charge in [0, 0.05) is 32.6 Å². The number of likely N-dealkylation sites (N-methyl/N-ethyl adjacent to an activating group) is 1. The Morgan fingerprint density at radius 3 is 2.81 bits per heavy atom. The molecule has 0 bridgehead atoms. The maximum Gasteiger partial charge on any atom is 0.326 e. The lowest BCUT2D eigenvalue weighted by molar-refractivity contribution is -0.141. The topological polar surface area (TPSA) is 102 Å². The van der Waals surface area contributed by atoms with Gasteiger partial charge in [-0.25, -0.2) is 9.59 Å². The molecule has 8 heteroatoms. The van der Waals surface area contributed by atoms with Crippen molar-refractivity contribution in [2.75, 3.05) is 39.3 Å². The molecule has 2 unspecified atom stereocenters. The molecule has 0 radical (unpaired) electrons. The molecule has 3 atom stereocenters. The summed E-state index contributed by atoms with van der Waals surface area (Å²) in [5.41, 5.74) is 0. The van der Waals surface area contributed by atoms with Crippen molar-refractivity contribution in [3.05, 3.63) is 0 Å². The number of hydrogen-bond donors (Lipinski definition) is 3. The van der Waals surface area contributed by atoms with E-state index in [-0.39, 0.29) is 19.1 Å². The van der Waals surface area contributed by atoms with E-state index < -0.39 is 24.1 Å². The molecule has 2 heterocycles. The first-order valence-electron chi connectivity index (χ1n) is 7.30. The monoisotopic (exact) mass is 301 g/mol. The van der Waals surface area contributed by atoms with E-state index >= 15 is 0 Å². The van der Waals surface area contributed by atoms with Crippen LogP contribution in [0.2, 0.25) is 0 Å². The number of aliphatic hydroxyl groups excluding tert-OH is 1. The zero-order valence-corrected chi connectivity index (χ0v) is 12.2. The van der Waals surface area contributed by atoms with Gasteiger partial charge in [0.25, 0.3) is 0 Å². The van der Waals surface area contributed by atoms with Gasteiger partial charge in [0.2, 0.25) is 0 Å². The van der Waals surface area contributed by atoms with Crippen LogP contribution in [0.3, 0.4) is 0 Å². The first kappa shape index (κ1) is 16.0. The summed E-state index contributed by atoms with van der Waals surface area (Å²) in [6.45, 7) is 5.68. The van der Waals surface area contributed by atoms with E-state index in [1.807, 2.05) is 0 Å². The number of carboxylic acids is 1. The normalized spacial score (nSPS) is 30.4. The number of carboxylic acid groups (broad SMARTS) is 1. The summed E-state index contributed by atoms with van der Waals surface area (Å²) in [6, 6.07) is -1.42. The van der Waals surface area contributed by atoms with Gasteiger partial charge in [-0.2, -0.15) is 0 Å². The van der Waals surface area contributed by atoms with Crippen molar-refractivity contribution in [2.45, 2.75) is 31.6 Å². The van der Waals surface area contributed by atoms with E-state index in [0.29, 0.717) is 13.2 Å². The van der Waals surface area contributed by atoms with Crippen LogP contribution >= 0.6 is 0 Å². The van der Waals surface area contributed by atoms with Crippen LogP contribution < -0.4 is 5.32 Å². The molecule has 120 valence electrons. The average Bonchev–Trinajstić information content (AvgIpc) is 2.87. The molecule has 2 amide bonds. The number of carbonyl (C=O) groups is 2. The Morgan fingerprint density at radius 2 is 2.14 bits per heavy atom. The highest BCUT2D eigenvalue weighted by Crippen LogP contribution is 2.18. The van der Waals surface area contributed by atoms with E-state index in [2.05, 4.69) is 17.1 Å². The van der Waals surface area contributed by atoms with Crippen LogP contribution in [0.1, 0.15) is 13.3 Å². The van der Waals surface area contributed by atoms with Crippen molar-refractivity contribution in [2.24, 2.45) is 0 Å². The van der Waals surface area contributed by atoms with Crippen molar-refractivity contribution in [1.29, 1.82) is 0 Å². The molecular weight excluding hydrogens is 278 g/mol. The lowest BCUT2D eigenvalue weighted by Gasteiger charge is -2.32. The Balaban J connectivity index is 1.82. The summed E-state index contributed by atoms with van der Waals surface area (Å²) in [5, 5.41) is 21.3. The molecule has 2 rings (SSSR count). The maximum absolute atomic E-state index is 12.1. The van der Waals surface area contributed by atoms with E-state index in [1.54, 1.807) is 0 Å². The third-order valence-corrected chi connectivity index (χ3v) is 3.98. The van der Waals surface area contributed by atoms with Gasteiger partial charge in [0.05, 0.1) is 18.8 Å². The molecule has 0 aromatic rings. The number of aliphatic hydroxyl groups is 1. The molecule has 3 N–H and O–H groups in total. The third kappa shape index (κ3) is 4.05. The molecule has 0 saturated carbocycles. The molecule has 0 aromatic heterocycles. The molecule has 2 aliphatic heterocycles. The summed E-state index contributed by atoms with van der Waals surface area (Å²) >= 11 is 0. The number of likely N-dealkylation sites (tertiary alicyclic amines) is 1. The van der Waals surface area contributed by atoms with Crippen molar-refractivity contribution < 1.29 is 24.5 Å². The lowest BCUT2D eigenvalue weighted by Crippen LogP contribution is -2.51. The molecule has 8 nitrogen and oxygen atoms in total. The van der Waals surface area contributed by atoms with Crippen LogP contribution in [0.5, 0.6) is 0 Å². The number of hydrogen-bond acceptors (Lipinski definition) is 5. The number of urea groups is 1. The van der Waals surface area contributed by atoms with Gasteiger partial charge in [-0.15, -0.1) is 0 Å². The van der Waals surface area contributed by atoms with Gasteiger partial charge >= 0.3 is 12.0 Å². The first-order valence-corrected chi connectivity index (χ1v) is 7.30. The number of aliphatic carboxylic acids is 1. The van der Waals surface area contributed by atoms with Crippen LogP contribution in [-0.4, -0.2) is 89.6 Å². The number of nitrogens with zero attached hydrogens (tertiary/aromatic N) is 2. The molecule has 0 spiro atoms. The average molecular weight is 301 g/mol. The van der Waals surface area contributed by atoms with Crippen LogP contribution in [0.15, 0.2) is 0 Å². The summed E-state index contributed by atoms with van der Waals surface area (Å²) in [4.78, 5) is 26.6. The Hall–Kier alpha value is -1.38. The minimum Gasteiger partial charge on any atom is -0.480 e. The Bertz CT molecular complexity index is 392. The molecule has 21 heavy (non-hydrogen) atoms. The van der Waals surface area contributed by atoms with Crippen molar-refractivity contribution in [3.63, 3.8) is 0 Å². The fourth-order valence-electron chi connectivity index (χ4n) is 2.77. The van der Waals surface area contributed by atoms with Crippen molar-refractivity contribution >= 4 is 12.0 Å². The second-order valence-corrected chi connectivity index (χ2v) is 5.47. The number of morpholine rings is 1. The van der Waals surface area contributed by atoms with Gasteiger partial charge in [0.1, 0.15) is 6.04 Å². The van der Waals surface area contributed by atoms with Crippen molar-refractivity contribution in [1.82, 2.24) is 15.1 Å². The highest BCUT2D eigenvalue weighted by atomic mass is 16.5. The van der Waals surface area contributed by atoms with E-state index in [1.165, 1.54) is 4.90 Å². The van der Waals surface area contributed by atoms with Gasteiger partial charge < -0.3 is 25.2 Å². The third-order valence-electron chi connectivity index (χ3n) is 3.98. The minimum atomic E-state index is -1.09. The Morgan fingerprint density at radius 1 is 1.38 bits per heavy atom. The zero-order valence-electron chi connectivity index (χ0n) is 12.2. The van der Waals surface area contributed by atoms with Crippen molar-refractivity contribution in [3.8, 4) is 0 Å². The standard InChI is InChI=1S/C13H23N3O5/c1-2-15-3-4-21-10(8-15)6-14-13(20)16-7-9(17)5-11(16)12(18)19/h9-11,17H,2-8H2,1H3,(H,14,20)(H,18,19)/t9?,10?,11-/m0/s1. The number of amides is 2. The summed E-state index contributed by atoms with van der Waals surface area (Å²) in [6.07, 6.45) is -0.788. The Kier molecular flexibility index (Phi) is 5.38. The largest absolute Gasteiger partial charge is 0.480 e. The zero-order chi connectivity index (χ0) is 15.4. The number of β-amino-alcohol motifs (C(OH)–C–C–N with tert-alkyl or cyclic N) is 1. The van der Waals surface area contributed by atoms with Crippen LogP contribution in [0, 0.1) is 0 Å². The van der Waals surface area contributed by atoms with Crippen LogP contribution in [0.4, 0.5) is 4.79 Å². The number of ether oxygens (including phenoxy) is 1. The molecule has 0 aromatic carbocycles. The molecule has 2 saturated heterocycles. The second kappa shape index (κ2) is 7.06. The number of rotatable bonds is 4. The summed E-state index contributed by atoms with van der Waals surface area (Å²) in [7, 11) is 0. The second-order valence-electron chi connectivity index (χ2n) is 5.47. The number of carbonyl (C=O) groups excluding carboxylic acids is 1. The van der Waals surface area contributed by atoms with Gasteiger partial charge in [-0.05, 0) is 6.54 Å². The SMILES string of the molecule is CCN1CCOC(CNC(=O)N2CC(O)C[C@H]2C(=O)O)C1. The van der Waals surface area contributed by atoms with E-state index in [9.17, 15) is 14.7 Å².